The molecule has 0 saturated carbocycles. The van der Waals surface area contributed by atoms with Gasteiger partial charge in [0.05, 0.1) is 28.8 Å². The second kappa shape index (κ2) is 9.66. The summed E-state index contributed by atoms with van der Waals surface area (Å²) in [5, 5.41) is 12.7. The number of carbonyl (C=O) groups excluding carboxylic acids is 1. The molecule has 0 radical (unpaired) electrons. The SMILES string of the molecule is COc1cccc(-n2cnnc2SCC(=O)Nc2ccc(-c3nc4ccc(C)cc4s3)cc2)c1. The lowest BCUT2D eigenvalue weighted by molar-refractivity contribution is -0.113. The van der Waals surface area contributed by atoms with E-state index in [1.807, 2.05) is 59.2 Å². The Labute approximate surface area is 204 Å². The molecule has 5 rings (SSSR count). The van der Waals surface area contributed by atoms with Crippen LogP contribution >= 0.6 is 23.1 Å². The summed E-state index contributed by atoms with van der Waals surface area (Å²) in [7, 11) is 1.62. The molecule has 170 valence electrons. The van der Waals surface area contributed by atoms with E-state index in [0.29, 0.717) is 5.16 Å². The van der Waals surface area contributed by atoms with Crippen LogP contribution in [0.4, 0.5) is 5.69 Å². The number of anilines is 1. The second-order valence-electron chi connectivity index (χ2n) is 7.59. The van der Waals surface area contributed by atoms with Crippen LogP contribution in [0.25, 0.3) is 26.5 Å². The van der Waals surface area contributed by atoms with E-state index in [2.05, 4.69) is 34.6 Å². The maximum Gasteiger partial charge on any atom is 0.234 e. The lowest BCUT2D eigenvalue weighted by atomic mass is 10.2. The zero-order valence-corrected chi connectivity index (χ0v) is 20.2. The van der Waals surface area contributed by atoms with Crippen molar-refractivity contribution in [3.63, 3.8) is 0 Å². The molecule has 0 aliphatic heterocycles. The summed E-state index contributed by atoms with van der Waals surface area (Å²) in [6.45, 7) is 2.08. The van der Waals surface area contributed by atoms with Crippen molar-refractivity contribution in [2.24, 2.45) is 0 Å². The summed E-state index contributed by atoms with van der Waals surface area (Å²) in [5.74, 6) is 0.833. The largest absolute Gasteiger partial charge is 0.497 e. The molecule has 2 heterocycles. The molecule has 0 spiro atoms. The normalized spacial score (nSPS) is 11.0. The van der Waals surface area contributed by atoms with Gasteiger partial charge in [0.1, 0.15) is 17.1 Å². The number of benzene rings is 3. The number of amides is 1. The van der Waals surface area contributed by atoms with Crippen molar-refractivity contribution in [2.75, 3.05) is 18.2 Å². The monoisotopic (exact) mass is 487 g/mol. The molecular formula is C25H21N5O2S2. The van der Waals surface area contributed by atoms with Gasteiger partial charge in [0.15, 0.2) is 5.16 Å². The van der Waals surface area contributed by atoms with Gasteiger partial charge in [-0.3, -0.25) is 9.36 Å². The van der Waals surface area contributed by atoms with Gasteiger partial charge in [-0.2, -0.15) is 0 Å². The Balaban J connectivity index is 1.22. The number of aryl methyl sites for hydroxylation is 1. The van der Waals surface area contributed by atoms with Crippen molar-refractivity contribution in [2.45, 2.75) is 12.1 Å². The zero-order valence-electron chi connectivity index (χ0n) is 18.6. The topological polar surface area (TPSA) is 81.9 Å². The number of nitrogens with one attached hydrogen (secondary N) is 1. The highest BCUT2D eigenvalue weighted by Gasteiger charge is 2.12. The number of ether oxygens (including phenoxy) is 1. The van der Waals surface area contributed by atoms with Crippen molar-refractivity contribution in [3.05, 3.63) is 78.6 Å². The molecule has 0 aliphatic carbocycles. The summed E-state index contributed by atoms with van der Waals surface area (Å²) < 4.78 is 8.29. The molecule has 1 amide bonds. The van der Waals surface area contributed by atoms with Crippen molar-refractivity contribution in [1.82, 2.24) is 19.7 Å². The number of rotatable bonds is 7. The molecular weight excluding hydrogens is 466 g/mol. The first-order valence-corrected chi connectivity index (χ1v) is 12.3. The fourth-order valence-electron chi connectivity index (χ4n) is 3.44. The van der Waals surface area contributed by atoms with Gasteiger partial charge in [-0.05, 0) is 61.0 Å². The second-order valence-corrected chi connectivity index (χ2v) is 9.56. The molecule has 5 aromatic rings. The number of hydrogen-bond acceptors (Lipinski definition) is 7. The van der Waals surface area contributed by atoms with Crippen LogP contribution < -0.4 is 10.1 Å². The van der Waals surface area contributed by atoms with Crippen molar-refractivity contribution >= 4 is 44.9 Å². The number of thioether (sulfide) groups is 1. The lowest BCUT2D eigenvalue weighted by Crippen LogP contribution is -2.14. The molecule has 7 nitrogen and oxygen atoms in total. The van der Waals surface area contributed by atoms with E-state index in [1.165, 1.54) is 22.0 Å². The van der Waals surface area contributed by atoms with Crippen LogP contribution in [0.5, 0.6) is 5.75 Å². The van der Waals surface area contributed by atoms with Crippen molar-refractivity contribution < 1.29 is 9.53 Å². The van der Waals surface area contributed by atoms with Gasteiger partial charge in [0, 0.05) is 17.3 Å². The van der Waals surface area contributed by atoms with E-state index in [1.54, 1.807) is 24.8 Å². The van der Waals surface area contributed by atoms with E-state index >= 15 is 0 Å². The molecule has 34 heavy (non-hydrogen) atoms. The number of hydrogen-bond donors (Lipinski definition) is 1. The summed E-state index contributed by atoms with van der Waals surface area (Å²) in [4.78, 5) is 17.3. The van der Waals surface area contributed by atoms with Gasteiger partial charge >= 0.3 is 0 Å². The Kier molecular flexibility index (Phi) is 6.29. The highest BCUT2D eigenvalue weighted by molar-refractivity contribution is 7.99. The highest BCUT2D eigenvalue weighted by atomic mass is 32.2. The molecule has 9 heteroatoms. The Bertz CT molecular complexity index is 1460. The minimum atomic E-state index is -0.117. The molecule has 0 aliphatic rings. The Morgan fingerprint density at radius 2 is 1.97 bits per heavy atom. The minimum absolute atomic E-state index is 0.117. The smallest absolute Gasteiger partial charge is 0.234 e. The maximum absolute atomic E-state index is 12.5. The number of fused-ring (bicyclic) bond motifs is 1. The molecule has 0 fully saturated rings. The Morgan fingerprint density at radius 1 is 1.12 bits per heavy atom. The van der Waals surface area contributed by atoms with Gasteiger partial charge in [0.25, 0.3) is 0 Å². The van der Waals surface area contributed by atoms with Crippen LogP contribution in [0.2, 0.25) is 0 Å². The molecule has 2 aromatic heterocycles. The van der Waals surface area contributed by atoms with E-state index < -0.39 is 0 Å². The minimum Gasteiger partial charge on any atom is -0.497 e. The number of carbonyl (C=O) groups is 1. The number of methoxy groups -OCH3 is 1. The number of thiazole rings is 1. The quantitative estimate of drug-likeness (QED) is 0.301. The predicted molar refractivity (Wildman–Crippen MR) is 137 cm³/mol. The van der Waals surface area contributed by atoms with E-state index in [0.717, 1.165) is 33.2 Å². The highest BCUT2D eigenvalue weighted by Crippen LogP contribution is 2.31. The van der Waals surface area contributed by atoms with E-state index in [-0.39, 0.29) is 11.7 Å². The van der Waals surface area contributed by atoms with Crippen LogP contribution in [-0.4, -0.2) is 38.5 Å². The van der Waals surface area contributed by atoms with Gasteiger partial charge in [0.2, 0.25) is 5.91 Å². The van der Waals surface area contributed by atoms with Crippen LogP contribution in [0.1, 0.15) is 5.56 Å². The molecule has 1 N–H and O–H groups in total. The summed E-state index contributed by atoms with van der Waals surface area (Å²) in [6.07, 6.45) is 1.62. The van der Waals surface area contributed by atoms with Crippen molar-refractivity contribution in [3.8, 4) is 22.0 Å². The third kappa shape index (κ3) is 4.80. The molecule has 0 bridgehead atoms. The third-order valence-electron chi connectivity index (χ3n) is 5.14. The zero-order chi connectivity index (χ0) is 23.5. The fraction of sp³-hybridized carbons (Fsp3) is 0.120. The standard InChI is InChI=1S/C25H21N5O2S2/c1-16-6-11-21-22(12-16)34-24(28-21)17-7-9-18(10-8-17)27-23(31)14-33-25-29-26-15-30(25)19-4-3-5-20(13-19)32-2/h3-13,15H,14H2,1-2H3,(H,27,31). The Morgan fingerprint density at radius 3 is 2.79 bits per heavy atom. The molecule has 0 saturated heterocycles. The summed E-state index contributed by atoms with van der Waals surface area (Å²) >= 11 is 2.99. The number of nitrogens with zero attached hydrogens (tertiary/aromatic N) is 4. The summed E-state index contributed by atoms with van der Waals surface area (Å²) in [6, 6.07) is 21.6. The van der Waals surface area contributed by atoms with Crippen LogP contribution in [0, 0.1) is 6.92 Å². The van der Waals surface area contributed by atoms with Gasteiger partial charge in [-0.15, -0.1) is 21.5 Å². The first-order valence-electron chi connectivity index (χ1n) is 10.5. The maximum atomic E-state index is 12.5. The first kappa shape index (κ1) is 22.1. The van der Waals surface area contributed by atoms with E-state index in [9.17, 15) is 4.79 Å². The van der Waals surface area contributed by atoms with Crippen LogP contribution in [-0.2, 0) is 4.79 Å². The third-order valence-corrected chi connectivity index (χ3v) is 7.15. The van der Waals surface area contributed by atoms with Gasteiger partial charge in [-0.25, -0.2) is 4.98 Å². The average molecular weight is 488 g/mol. The van der Waals surface area contributed by atoms with Gasteiger partial charge in [-0.1, -0.05) is 23.9 Å². The van der Waals surface area contributed by atoms with Crippen LogP contribution in [0.3, 0.4) is 0 Å². The fourth-order valence-corrected chi connectivity index (χ4v) is 5.24. The van der Waals surface area contributed by atoms with Crippen LogP contribution in [0.15, 0.2) is 78.2 Å². The van der Waals surface area contributed by atoms with E-state index in [4.69, 9.17) is 9.72 Å². The molecule has 0 unspecified atom stereocenters. The Hall–Kier alpha value is -3.69. The first-order chi connectivity index (χ1) is 16.6. The van der Waals surface area contributed by atoms with Gasteiger partial charge < -0.3 is 10.1 Å². The molecule has 0 atom stereocenters. The predicted octanol–water partition coefficient (Wildman–Crippen LogP) is 5.59. The summed E-state index contributed by atoms with van der Waals surface area (Å²) in [5.41, 5.74) is 4.85. The van der Waals surface area contributed by atoms with Crippen molar-refractivity contribution in [1.29, 1.82) is 0 Å². The lowest BCUT2D eigenvalue weighted by Gasteiger charge is -2.08. The molecule has 3 aromatic carbocycles. The number of aromatic nitrogens is 4. The average Bonchev–Trinajstić information content (AvgIpc) is 3.50.